The Bertz CT molecular complexity index is 998. The summed E-state index contributed by atoms with van der Waals surface area (Å²) < 4.78 is 18.9. The van der Waals surface area contributed by atoms with Gasteiger partial charge in [-0.25, -0.2) is 4.39 Å². The fraction of sp³-hybridized carbons (Fsp3) is 0.286. The van der Waals surface area contributed by atoms with Crippen molar-refractivity contribution in [2.45, 2.75) is 6.42 Å². The number of nitrogens with zero attached hydrogens (tertiary/aromatic N) is 4. The summed E-state index contributed by atoms with van der Waals surface area (Å²) in [7, 11) is 0. The highest BCUT2D eigenvalue weighted by Crippen LogP contribution is 2.32. The number of rotatable bonds is 4. The second-order valence-corrected chi connectivity index (χ2v) is 7.76. The molecule has 6 nitrogen and oxygen atoms in total. The van der Waals surface area contributed by atoms with E-state index >= 15 is 0 Å². The van der Waals surface area contributed by atoms with E-state index in [1.165, 1.54) is 23.9 Å². The minimum Gasteiger partial charge on any atom is -0.457 e. The summed E-state index contributed by atoms with van der Waals surface area (Å²) in [6.07, 6.45) is 2.23. The smallest absolute Gasteiger partial charge is 0.286 e. The van der Waals surface area contributed by atoms with Crippen LogP contribution in [0.25, 0.3) is 17.4 Å². The van der Waals surface area contributed by atoms with E-state index < -0.39 is 0 Å². The predicted molar refractivity (Wildman–Crippen MR) is 110 cm³/mol. The first-order chi connectivity index (χ1) is 14.1. The number of benzene rings is 1. The minimum absolute atomic E-state index is 0.267. The Kier molecular flexibility index (Phi) is 5.79. The zero-order chi connectivity index (χ0) is 20.2. The van der Waals surface area contributed by atoms with Gasteiger partial charge in [0.2, 0.25) is 0 Å². The largest absolute Gasteiger partial charge is 0.457 e. The van der Waals surface area contributed by atoms with E-state index in [4.69, 9.17) is 9.68 Å². The molecule has 0 unspecified atom stereocenters. The zero-order valence-electron chi connectivity index (χ0n) is 15.7. The predicted octanol–water partition coefficient (Wildman–Crippen LogP) is 3.59. The van der Waals surface area contributed by atoms with Gasteiger partial charge in [0.05, 0.1) is 11.0 Å². The molecule has 1 amide bonds. The third-order valence-electron chi connectivity index (χ3n) is 4.82. The SMILES string of the molecule is N#CCCN1CCN(C2=NC(=O)/C(=C\c3ccc(-c4ccc(F)cc4)o3)S2)CC1. The summed E-state index contributed by atoms with van der Waals surface area (Å²) in [5.74, 6) is 0.600. The maximum absolute atomic E-state index is 13.1. The molecule has 2 aromatic rings. The zero-order valence-corrected chi connectivity index (χ0v) is 16.5. The van der Waals surface area contributed by atoms with Crippen molar-refractivity contribution in [1.29, 1.82) is 5.26 Å². The Morgan fingerprint density at radius 3 is 2.66 bits per heavy atom. The molecule has 1 aromatic heterocycles. The molecule has 8 heteroatoms. The van der Waals surface area contributed by atoms with Gasteiger partial charge in [-0.05, 0) is 48.2 Å². The Hall–Kier alpha value is -2.89. The van der Waals surface area contributed by atoms with Crippen molar-refractivity contribution in [3.05, 3.63) is 52.9 Å². The first-order valence-electron chi connectivity index (χ1n) is 9.35. The molecule has 3 heterocycles. The van der Waals surface area contributed by atoms with Crippen LogP contribution < -0.4 is 0 Å². The molecular formula is C21H19FN4O2S. The van der Waals surface area contributed by atoms with Crippen molar-refractivity contribution in [2.75, 3.05) is 32.7 Å². The normalized spacial score (nSPS) is 18.9. The van der Waals surface area contributed by atoms with Crippen molar-refractivity contribution in [3.8, 4) is 17.4 Å². The standard InChI is InChI=1S/C21H19FN4O2S/c22-16-4-2-15(3-5-16)18-7-6-17(28-18)14-19-20(27)24-21(29-19)26-12-10-25(11-13-26)9-1-8-23/h2-7,14H,1,9-13H2/b19-14+. The van der Waals surface area contributed by atoms with Gasteiger partial charge >= 0.3 is 0 Å². The molecule has 1 saturated heterocycles. The minimum atomic E-state index is -0.300. The molecule has 148 valence electrons. The van der Waals surface area contributed by atoms with Crippen LogP contribution in [-0.4, -0.2) is 53.6 Å². The Labute approximate surface area is 172 Å². The highest BCUT2D eigenvalue weighted by molar-refractivity contribution is 8.18. The summed E-state index contributed by atoms with van der Waals surface area (Å²) >= 11 is 1.35. The number of hydrogen-bond donors (Lipinski definition) is 0. The monoisotopic (exact) mass is 410 g/mol. The summed E-state index contributed by atoms with van der Waals surface area (Å²) in [5, 5.41) is 9.42. The maximum Gasteiger partial charge on any atom is 0.286 e. The summed E-state index contributed by atoms with van der Waals surface area (Å²) in [4.78, 5) is 21.4. The molecule has 4 rings (SSSR count). The van der Waals surface area contributed by atoms with Crippen LogP contribution in [0.5, 0.6) is 0 Å². The molecule has 1 fully saturated rings. The quantitative estimate of drug-likeness (QED) is 0.718. The molecule has 0 atom stereocenters. The molecule has 0 radical (unpaired) electrons. The van der Waals surface area contributed by atoms with E-state index in [2.05, 4.69) is 20.9 Å². The molecule has 0 N–H and O–H groups in total. The average molecular weight is 410 g/mol. The second-order valence-electron chi connectivity index (χ2n) is 6.76. The van der Waals surface area contributed by atoms with E-state index in [-0.39, 0.29) is 11.7 Å². The number of furan rings is 1. The van der Waals surface area contributed by atoms with Gasteiger partial charge in [0.15, 0.2) is 5.17 Å². The number of halogens is 1. The van der Waals surface area contributed by atoms with Gasteiger partial charge in [0, 0.05) is 50.8 Å². The van der Waals surface area contributed by atoms with Crippen molar-refractivity contribution < 1.29 is 13.6 Å². The molecular weight excluding hydrogens is 391 g/mol. The van der Waals surface area contributed by atoms with Crippen LogP contribution in [0, 0.1) is 17.1 Å². The number of hydrogen-bond acceptors (Lipinski definition) is 6. The van der Waals surface area contributed by atoms with Crippen LogP contribution in [0.1, 0.15) is 12.2 Å². The fourth-order valence-electron chi connectivity index (χ4n) is 3.23. The molecule has 0 bridgehead atoms. The highest BCUT2D eigenvalue weighted by atomic mass is 32.2. The Balaban J connectivity index is 1.39. The number of aliphatic imine (C=N–C) groups is 1. The van der Waals surface area contributed by atoms with Gasteiger partial charge in [-0.15, -0.1) is 0 Å². The van der Waals surface area contributed by atoms with Crippen molar-refractivity contribution in [2.24, 2.45) is 4.99 Å². The Morgan fingerprint density at radius 2 is 1.93 bits per heavy atom. The third kappa shape index (κ3) is 4.58. The number of amides is 1. The van der Waals surface area contributed by atoms with E-state index in [0.29, 0.717) is 28.0 Å². The topological polar surface area (TPSA) is 72.8 Å². The average Bonchev–Trinajstić information content (AvgIpc) is 3.35. The van der Waals surface area contributed by atoms with Gasteiger partial charge in [0.1, 0.15) is 17.3 Å². The summed E-state index contributed by atoms with van der Waals surface area (Å²) in [6, 6.07) is 11.8. The summed E-state index contributed by atoms with van der Waals surface area (Å²) in [5.41, 5.74) is 0.771. The fourth-order valence-corrected chi connectivity index (χ4v) is 4.18. The van der Waals surface area contributed by atoms with Crippen LogP contribution in [0.15, 0.2) is 50.7 Å². The lowest BCUT2D eigenvalue weighted by Crippen LogP contribution is -2.47. The van der Waals surface area contributed by atoms with Gasteiger partial charge in [-0.1, -0.05) is 0 Å². The molecule has 2 aliphatic rings. The van der Waals surface area contributed by atoms with Crippen LogP contribution in [-0.2, 0) is 4.79 Å². The maximum atomic E-state index is 13.1. The first-order valence-corrected chi connectivity index (χ1v) is 10.2. The van der Waals surface area contributed by atoms with E-state index in [1.807, 2.05) is 0 Å². The van der Waals surface area contributed by atoms with E-state index in [1.54, 1.807) is 30.3 Å². The Morgan fingerprint density at radius 1 is 1.17 bits per heavy atom. The molecule has 1 aromatic carbocycles. The van der Waals surface area contributed by atoms with Crippen molar-refractivity contribution >= 4 is 28.9 Å². The van der Waals surface area contributed by atoms with Crippen LogP contribution in [0.2, 0.25) is 0 Å². The number of nitriles is 1. The summed E-state index contributed by atoms with van der Waals surface area (Å²) in [6.45, 7) is 4.06. The molecule has 0 saturated carbocycles. The van der Waals surface area contributed by atoms with Crippen LogP contribution >= 0.6 is 11.8 Å². The van der Waals surface area contributed by atoms with Crippen LogP contribution in [0.3, 0.4) is 0 Å². The van der Waals surface area contributed by atoms with E-state index in [0.717, 1.165) is 38.3 Å². The van der Waals surface area contributed by atoms with Gasteiger partial charge < -0.3 is 9.32 Å². The van der Waals surface area contributed by atoms with Gasteiger partial charge in [-0.2, -0.15) is 10.3 Å². The van der Waals surface area contributed by atoms with E-state index in [9.17, 15) is 9.18 Å². The number of piperazine rings is 1. The van der Waals surface area contributed by atoms with Crippen molar-refractivity contribution in [1.82, 2.24) is 9.80 Å². The third-order valence-corrected chi connectivity index (χ3v) is 5.87. The highest BCUT2D eigenvalue weighted by Gasteiger charge is 2.28. The molecule has 0 spiro atoms. The van der Waals surface area contributed by atoms with Crippen LogP contribution in [0.4, 0.5) is 4.39 Å². The van der Waals surface area contributed by atoms with Gasteiger partial charge in [0.25, 0.3) is 5.91 Å². The van der Waals surface area contributed by atoms with Gasteiger partial charge in [-0.3, -0.25) is 9.69 Å². The number of carbonyl (C=O) groups excluding carboxylic acids is 1. The molecule has 2 aliphatic heterocycles. The lowest BCUT2D eigenvalue weighted by Gasteiger charge is -2.34. The second kappa shape index (κ2) is 8.64. The first kappa shape index (κ1) is 19.4. The number of amidine groups is 1. The number of carbonyl (C=O) groups is 1. The van der Waals surface area contributed by atoms with Crippen molar-refractivity contribution in [3.63, 3.8) is 0 Å². The molecule has 0 aliphatic carbocycles. The lowest BCUT2D eigenvalue weighted by molar-refractivity contribution is -0.113. The molecule has 29 heavy (non-hydrogen) atoms. The number of thioether (sulfide) groups is 1. The lowest BCUT2D eigenvalue weighted by atomic mass is 10.2.